The molecule has 4 aromatic rings. The van der Waals surface area contributed by atoms with Crippen LogP contribution in [0.2, 0.25) is 0 Å². The summed E-state index contributed by atoms with van der Waals surface area (Å²) < 4.78 is 0. The summed E-state index contributed by atoms with van der Waals surface area (Å²) >= 11 is 0. The molecule has 0 aliphatic rings. The topological polar surface area (TPSA) is 20.2 Å². The molecule has 0 bridgehead atoms. The van der Waals surface area contributed by atoms with Gasteiger partial charge >= 0.3 is 0 Å². The van der Waals surface area contributed by atoms with E-state index < -0.39 is 0 Å². The van der Waals surface area contributed by atoms with E-state index in [0.29, 0.717) is 6.10 Å². The maximum Gasteiger partial charge on any atom is 0.153 e. The normalized spacial score (nSPS) is 10.8. The van der Waals surface area contributed by atoms with E-state index in [0.717, 1.165) is 33.4 Å². The van der Waals surface area contributed by atoms with Gasteiger partial charge in [0, 0.05) is 0 Å². The molecule has 0 unspecified atom stereocenters. The van der Waals surface area contributed by atoms with E-state index in [1.165, 1.54) is 0 Å². The van der Waals surface area contributed by atoms with Crippen LogP contribution >= 0.6 is 0 Å². The fourth-order valence-electron chi connectivity index (χ4n) is 3.26. The van der Waals surface area contributed by atoms with Crippen molar-refractivity contribution in [3.05, 3.63) is 126 Å². The van der Waals surface area contributed by atoms with Crippen molar-refractivity contribution in [1.82, 2.24) is 0 Å². The van der Waals surface area contributed by atoms with Crippen LogP contribution in [0.5, 0.6) is 0 Å². The Labute approximate surface area is 154 Å². The smallest absolute Gasteiger partial charge is 0.153 e. The lowest BCUT2D eigenvalue weighted by Crippen LogP contribution is -2.04. The minimum atomic E-state index is 0.295. The molecule has 4 aromatic carbocycles. The maximum absolute atomic E-state index is 11.2. The van der Waals surface area contributed by atoms with Crippen LogP contribution < -0.4 is 0 Å². The van der Waals surface area contributed by atoms with Crippen molar-refractivity contribution in [2.24, 2.45) is 0 Å². The molecule has 1 N–H and O–H groups in total. The lowest BCUT2D eigenvalue weighted by Gasteiger charge is -2.18. The average Bonchev–Trinajstić information content (AvgIpc) is 2.74. The Morgan fingerprint density at radius 2 is 0.769 bits per heavy atom. The molecule has 0 fully saturated rings. The molecule has 0 saturated heterocycles. The highest BCUT2D eigenvalue weighted by Gasteiger charge is 2.19. The standard InChI is InChI=1S/C25H19O/c26-25(23-17-9-7-15-21(23)19-11-3-1-4-12-19)24-18-10-8-16-22(24)20-13-5-2-6-14-20/h1-18,26H. The van der Waals surface area contributed by atoms with Gasteiger partial charge in [-0.25, -0.2) is 0 Å². The van der Waals surface area contributed by atoms with Crippen LogP contribution in [0.3, 0.4) is 0 Å². The Morgan fingerprint density at radius 1 is 0.423 bits per heavy atom. The maximum atomic E-state index is 11.2. The van der Waals surface area contributed by atoms with E-state index in [1.807, 2.05) is 84.9 Å². The summed E-state index contributed by atoms with van der Waals surface area (Å²) in [5, 5.41) is 11.2. The molecule has 1 nitrogen and oxygen atoms in total. The van der Waals surface area contributed by atoms with Gasteiger partial charge in [-0.1, -0.05) is 109 Å². The summed E-state index contributed by atoms with van der Waals surface area (Å²) in [6.07, 6.45) is 0.295. The molecule has 1 radical (unpaired) electrons. The Kier molecular flexibility index (Phi) is 4.63. The second-order valence-electron chi connectivity index (χ2n) is 6.17. The third-order valence-electron chi connectivity index (χ3n) is 4.53. The summed E-state index contributed by atoms with van der Waals surface area (Å²) in [7, 11) is 0. The van der Waals surface area contributed by atoms with Gasteiger partial charge in [0.05, 0.1) is 0 Å². The molecule has 125 valence electrons. The highest BCUT2D eigenvalue weighted by molar-refractivity contribution is 5.76. The number of rotatable bonds is 4. The summed E-state index contributed by atoms with van der Waals surface area (Å²) in [4.78, 5) is 0. The zero-order valence-corrected chi connectivity index (χ0v) is 14.3. The van der Waals surface area contributed by atoms with Gasteiger partial charge in [0.25, 0.3) is 0 Å². The quantitative estimate of drug-likeness (QED) is 0.462. The minimum Gasteiger partial charge on any atom is -0.377 e. The molecule has 0 aliphatic carbocycles. The SMILES string of the molecule is O[C](c1ccccc1-c1ccccc1)c1ccccc1-c1ccccc1. The highest BCUT2D eigenvalue weighted by atomic mass is 16.3. The molecule has 0 atom stereocenters. The van der Waals surface area contributed by atoms with Crippen molar-refractivity contribution in [2.75, 3.05) is 0 Å². The first kappa shape index (κ1) is 16.3. The van der Waals surface area contributed by atoms with Gasteiger partial charge in [-0.15, -0.1) is 0 Å². The number of aliphatic hydroxyl groups is 1. The first-order chi connectivity index (χ1) is 12.8. The average molecular weight is 335 g/mol. The van der Waals surface area contributed by atoms with E-state index in [4.69, 9.17) is 0 Å². The molecular weight excluding hydrogens is 316 g/mol. The lowest BCUT2D eigenvalue weighted by molar-refractivity contribution is 0.357. The molecule has 0 heterocycles. The Balaban J connectivity index is 1.83. The van der Waals surface area contributed by atoms with Crippen LogP contribution in [-0.2, 0) is 0 Å². The predicted octanol–water partition coefficient (Wildman–Crippen LogP) is 6.32. The van der Waals surface area contributed by atoms with Gasteiger partial charge in [-0.05, 0) is 33.4 Å². The molecule has 0 spiro atoms. The molecule has 0 saturated carbocycles. The van der Waals surface area contributed by atoms with Gasteiger partial charge in [0.15, 0.2) is 6.10 Å². The van der Waals surface area contributed by atoms with Crippen LogP contribution in [0.4, 0.5) is 0 Å². The van der Waals surface area contributed by atoms with Gasteiger partial charge in [0.2, 0.25) is 0 Å². The molecule has 0 amide bonds. The fraction of sp³-hybridized carbons (Fsp3) is 0. The fourth-order valence-corrected chi connectivity index (χ4v) is 3.26. The van der Waals surface area contributed by atoms with E-state index in [1.54, 1.807) is 0 Å². The predicted molar refractivity (Wildman–Crippen MR) is 107 cm³/mol. The van der Waals surface area contributed by atoms with Crippen LogP contribution in [0.1, 0.15) is 11.1 Å². The molecule has 26 heavy (non-hydrogen) atoms. The number of aliphatic hydroxyl groups excluding tert-OH is 1. The van der Waals surface area contributed by atoms with Crippen molar-refractivity contribution < 1.29 is 5.11 Å². The van der Waals surface area contributed by atoms with E-state index in [9.17, 15) is 5.11 Å². The van der Waals surface area contributed by atoms with Crippen LogP contribution in [0.15, 0.2) is 109 Å². The van der Waals surface area contributed by atoms with E-state index in [2.05, 4.69) is 24.3 Å². The number of hydrogen-bond acceptors (Lipinski definition) is 1. The number of hydrogen-bond donors (Lipinski definition) is 1. The summed E-state index contributed by atoms with van der Waals surface area (Å²) in [5.74, 6) is 0. The largest absolute Gasteiger partial charge is 0.377 e. The minimum absolute atomic E-state index is 0.295. The van der Waals surface area contributed by atoms with Crippen molar-refractivity contribution >= 4 is 0 Å². The van der Waals surface area contributed by atoms with E-state index >= 15 is 0 Å². The molecule has 4 rings (SSSR count). The third kappa shape index (κ3) is 3.17. The van der Waals surface area contributed by atoms with Gasteiger partial charge in [-0.2, -0.15) is 0 Å². The molecular formula is C25H19O. The first-order valence-electron chi connectivity index (χ1n) is 8.70. The van der Waals surface area contributed by atoms with Crippen LogP contribution in [0, 0.1) is 6.10 Å². The second-order valence-corrected chi connectivity index (χ2v) is 6.17. The Hall–Kier alpha value is -3.16. The van der Waals surface area contributed by atoms with Gasteiger partial charge in [0.1, 0.15) is 0 Å². The Morgan fingerprint density at radius 3 is 1.19 bits per heavy atom. The zero-order chi connectivity index (χ0) is 17.8. The van der Waals surface area contributed by atoms with E-state index in [-0.39, 0.29) is 0 Å². The zero-order valence-electron chi connectivity index (χ0n) is 14.3. The Bertz CT molecular complexity index is 908. The van der Waals surface area contributed by atoms with Gasteiger partial charge < -0.3 is 5.11 Å². The summed E-state index contributed by atoms with van der Waals surface area (Å²) in [6.45, 7) is 0. The van der Waals surface area contributed by atoms with Crippen molar-refractivity contribution in [1.29, 1.82) is 0 Å². The van der Waals surface area contributed by atoms with Crippen molar-refractivity contribution in [3.63, 3.8) is 0 Å². The first-order valence-corrected chi connectivity index (χ1v) is 8.70. The molecule has 0 aromatic heterocycles. The second kappa shape index (κ2) is 7.38. The summed E-state index contributed by atoms with van der Waals surface area (Å²) in [6, 6.07) is 36.3. The highest BCUT2D eigenvalue weighted by Crippen LogP contribution is 2.35. The number of benzene rings is 4. The monoisotopic (exact) mass is 335 g/mol. The van der Waals surface area contributed by atoms with Gasteiger partial charge in [-0.3, -0.25) is 0 Å². The third-order valence-corrected chi connectivity index (χ3v) is 4.53. The van der Waals surface area contributed by atoms with Crippen molar-refractivity contribution in [3.8, 4) is 22.3 Å². The van der Waals surface area contributed by atoms with Crippen LogP contribution in [0.25, 0.3) is 22.3 Å². The van der Waals surface area contributed by atoms with Crippen LogP contribution in [-0.4, -0.2) is 5.11 Å². The molecule has 1 heteroatoms. The van der Waals surface area contributed by atoms with Crippen molar-refractivity contribution in [2.45, 2.75) is 0 Å². The lowest BCUT2D eigenvalue weighted by atomic mass is 9.89. The molecule has 0 aliphatic heterocycles. The summed E-state index contributed by atoms with van der Waals surface area (Å²) in [5.41, 5.74) is 5.89.